The van der Waals surface area contributed by atoms with Crippen LogP contribution in [-0.4, -0.2) is 35.4 Å². The first-order chi connectivity index (χ1) is 15.0. The predicted molar refractivity (Wildman–Crippen MR) is 123 cm³/mol. The molecule has 0 aromatic heterocycles. The molecule has 1 aliphatic rings. The van der Waals surface area contributed by atoms with E-state index < -0.39 is 6.04 Å². The first kappa shape index (κ1) is 23.1. The van der Waals surface area contributed by atoms with Gasteiger partial charge in [0, 0.05) is 17.6 Å². The third kappa shape index (κ3) is 6.47. The Morgan fingerprint density at radius 3 is 2.58 bits per heavy atom. The van der Waals surface area contributed by atoms with Gasteiger partial charge < -0.3 is 15.0 Å². The number of ether oxygens (including phenoxy) is 1. The van der Waals surface area contributed by atoms with Crippen molar-refractivity contribution in [2.45, 2.75) is 64.6 Å². The van der Waals surface area contributed by atoms with Crippen molar-refractivity contribution in [2.24, 2.45) is 0 Å². The van der Waals surface area contributed by atoms with Crippen LogP contribution in [0.15, 0.2) is 48.5 Å². The van der Waals surface area contributed by atoms with Crippen molar-refractivity contribution in [3.63, 3.8) is 0 Å². The molecule has 1 N–H and O–H groups in total. The topological polar surface area (TPSA) is 58.6 Å². The van der Waals surface area contributed by atoms with Gasteiger partial charge in [0.15, 0.2) is 6.61 Å². The summed E-state index contributed by atoms with van der Waals surface area (Å²) in [6.07, 6.45) is 4.83. The zero-order valence-corrected chi connectivity index (χ0v) is 19.0. The van der Waals surface area contributed by atoms with E-state index in [4.69, 9.17) is 16.3 Å². The first-order valence-electron chi connectivity index (χ1n) is 11.0. The Labute approximate surface area is 189 Å². The Kier molecular flexibility index (Phi) is 8.35. The van der Waals surface area contributed by atoms with Crippen LogP contribution in [0.5, 0.6) is 5.75 Å². The number of nitrogens with one attached hydrogen (secondary N) is 1. The van der Waals surface area contributed by atoms with Crippen molar-refractivity contribution in [2.75, 3.05) is 6.61 Å². The van der Waals surface area contributed by atoms with Gasteiger partial charge in [-0.15, -0.1) is 0 Å². The SMILES string of the molecule is CC[C@H](C(=O)NC1CCCC1)N(Cc1ccccc1C)C(=O)COc1cccc(Cl)c1. The first-order valence-corrected chi connectivity index (χ1v) is 11.4. The maximum atomic E-state index is 13.2. The highest BCUT2D eigenvalue weighted by Crippen LogP contribution is 2.21. The molecule has 0 heterocycles. The van der Waals surface area contributed by atoms with Crippen LogP contribution in [0, 0.1) is 6.92 Å². The van der Waals surface area contributed by atoms with Crippen molar-refractivity contribution in [1.29, 1.82) is 0 Å². The standard InChI is InChI=1S/C25H31ClN2O3/c1-3-23(25(30)27-21-12-6-7-13-21)28(16-19-10-5-4-9-18(19)2)24(29)17-31-22-14-8-11-20(26)15-22/h4-5,8-11,14-15,21,23H,3,6-7,12-13,16-17H2,1-2H3,(H,27,30)/t23-/m1/s1. The second kappa shape index (κ2) is 11.2. The molecule has 6 heteroatoms. The lowest BCUT2D eigenvalue weighted by atomic mass is 10.1. The molecule has 5 nitrogen and oxygen atoms in total. The van der Waals surface area contributed by atoms with E-state index in [1.54, 1.807) is 29.2 Å². The lowest BCUT2D eigenvalue weighted by Crippen LogP contribution is -2.52. The molecule has 2 amide bonds. The summed E-state index contributed by atoms with van der Waals surface area (Å²) in [6.45, 7) is 4.16. The molecule has 31 heavy (non-hydrogen) atoms. The number of hydrogen-bond acceptors (Lipinski definition) is 3. The van der Waals surface area contributed by atoms with E-state index in [-0.39, 0.29) is 24.5 Å². The smallest absolute Gasteiger partial charge is 0.261 e. The minimum absolute atomic E-state index is 0.0842. The minimum atomic E-state index is -0.546. The van der Waals surface area contributed by atoms with Crippen LogP contribution in [0.4, 0.5) is 0 Å². The van der Waals surface area contributed by atoms with Crippen LogP contribution in [0.2, 0.25) is 5.02 Å². The Morgan fingerprint density at radius 1 is 1.16 bits per heavy atom. The van der Waals surface area contributed by atoms with Crippen molar-refractivity contribution in [1.82, 2.24) is 10.2 Å². The van der Waals surface area contributed by atoms with Crippen LogP contribution in [0.25, 0.3) is 0 Å². The number of halogens is 1. The van der Waals surface area contributed by atoms with Crippen LogP contribution in [0.3, 0.4) is 0 Å². The molecule has 2 aromatic rings. The van der Waals surface area contributed by atoms with Gasteiger partial charge in [0.25, 0.3) is 5.91 Å². The number of nitrogens with zero attached hydrogens (tertiary/aromatic N) is 1. The third-order valence-corrected chi connectivity index (χ3v) is 6.08. The number of rotatable bonds is 9. The molecule has 0 unspecified atom stereocenters. The van der Waals surface area contributed by atoms with Gasteiger partial charge in [0.1, 0.15) is 11.8 Å². The number of carbonyl (C=O) groups is 2. The third-order valence-electron chi connectivity index (χ3n) is 5.85. The molecular weight excluding hydrogens is 412 g/mol. The van der Waals surface area contributed by atoms with E-state index in [0.717, 1.165) is 36.8 Å². The second-order valence-electron chi connectivity index (χ2n) is 8.11. The molecule has 3 rings (SSSR count). The average Bonchev–Trinajstić information content (AvgIpc) is 3.26. The number of aryl methyl sites for hydroxylation is 1. The summed E-state index contributed by atoms with van der Waals surface area (Å²) >= 11 is 6.01. The number of amides is 2. The highest BCUT2D eigenvalue weighted by atomic mass is 35.5. The van der Waals surface area contributed by atoms with Crippen molar-refractivity contribution < 1.29 is 14.3 Å². The average molecular weight is 443 g/mol. The van der Waals surface area contributed by atoms with Crippen LogP contribution >= 0.6 is 11.6 Å². The monoisotopic (exact) mass is 442 g/mol. The van der Waals surface area contributed by atoms with Crippen LogP contribution in [-0.2, 0) is 16.1 Å². The van der Waals surface area contributed by atoms with Crippen molar-refractivity contribution in [3.8, 4) is 5.75 Å². The molecule has 0 saturated heterocycles. The van der Waals surface area contributed by atoms with Gasteiger partial charge in [-0.2, -0.15) is 0 Å². The number of carbonyl (C=O) groups excluding carboxylic acids is 2. The Morgan fingerprint density at radius 2 is 1.90 bits per heavy atom. The van der Waals surface area contributed by atoms with Gasteiger partial charge >= 0.3 is 0 Å². The summed E-state index contributed by atoms with van der Waals surface area (Å²) < 4.78 is 5.70. The van der Waals surface area contributed by atoms with E-state index in [1.807, 2.05) is 38.1 Å². The van der Waals surface area contributed by atoms with E-state index in [2.05, 4.69) is 5.32 Å². The Hall–Kier alpha value is -2.53. The lowest BCUT2D eigenvalue weighted by molar-refractivity contribution is -0.143. The summed E-state index contributed by atoms with van der Waals surface area (Å²) in [6, 6.07) is 14.5. The Bertz CT molecular complexity index is 896. The second-order valence-corrected chi connectivity index (χ2v) is 8.54. The summed E-state index contributed by atoms with van der Waals surface area (Å²) in [7, 11) is 0. The molecule has 1 atom stereocenters. The summed E-state index contributed by atoms with van der Waals surface area (Å²) in [4.78, 5) is 28.0. The molecule has 2 aromatic carbocycles. The van der Waals surface area contributed by atoms with Gasteiger partial charge in [0.2, 0.25) is 5.91 Å². The number of hydrogen-bond donors (Lipinski definition) is 1. The fourth-order valence-electron chi connectivity index (χ4n) is 4.04. The minimum Gasteiger partial charge on any atom is -0.484 e. The number of benzene rings is 2. The highest BCUT2D eigenvalue weighted by molar-refractivity contribution is 6.30. The quantitative estimate of drug-likeness (QED) is 0.601. The van der Waals surface area contributed by atoms with Crippen molar-refractivity contribution in [3.05, 3.63) is 64.7 Å². The van der Waals surface area contributed by atoms with Gasteiger partial charge in [-0.25, -0.2) is 0 Å². The normalized spacial score (nSPS) is 14.8. The zero-order chi connectivity index (χ0) is 22.2. The molecule has 0 radical (unpaired) electrons. The molecule has 1 aliphatic carbocycles. The van der Waals surface area contributed by atoms with Crippen LogP contribution < -0.4 is 10.1 Å². The largest absolute Gasteiger partial charge is 0.484 e. The summed E-state index contributed by atoms with van der Waals surface area (Å²) in [5.74, 6) is 0.218. The zero-order valence-electron chi connectivity index (χ0n) is 18.3. The Balaban J connectivity index is 1.77. The van der Waals surface area contributed by atoms with E-state index in [9.17, 15) is 9.59 Å². The fourth-order valence-corrected chi connectivity index (χ4v) is 4.22. The van der Waals surface area contributed by atoms with E-state index in [0.29, 0.717) is 23.7 Å². The van der Waals surface area contributed by atoms with Crippen molar-refractivity contribution >= 4 is 23.4 Å². The van der Waals surface area contributed by atoms with Gasteiger partial charge in [-0.05, 0) is 55.5 Å². The molecular formula is C25H31ClN2O3. The predicted octanol–water partition coefficient (Wildman–Crippen LogP) is 4.89. The van der Waals surface area contributed by atoms with E-state index >= 15 is 0 Å². The molecule has 0 aliphatic heterocycles. The highest BCUT2D eigenvalue weighted by Gasteiger charge is 2.31. The molecule has 166 valence electrons. The summed E-state index contributed by atoms with van der Waals surface area (Å²) in [5, 5.41) is 3.70. The fraction of sp³-hybridized carbons (Fsp3) is 0.440. The van der Waals surface area contributed by atoms with Gasteiger partial charge in [-0.1, -0.05) is 61.7 Å². The molecule has 1 saturated carbocycles. The van der Waals surface area contributed by atoms with Gasteiger partial charge in [-0.3, -0.25) is 9.59 Å². The molecule has 0 bridgehead atoms. The molecule has 0 spiro atoms. The maximum absolute atomic E-state index is 13.2. The van der Waals surface area contributed by atoms with Crippen LogP contribution in [0.1, 0.15) is 50.2 Å². The maximum Gasteiger partial charge on any atom is 0.261 e. The van der Waals surface area contributed by atoms with Gasteiger partial charge in [0.05, 0.1) is 0 Å². The lowest BCUT2D eigenvalue weighted by Gasteiger charge is -2.32. The summed E-state index contributed by atoms with van der Waals surface area (Å²) in [5.41, 5.74) is 2.10. The van der Waals surface area contributed by atoms with E-state index in [1.165, 1.54) is 0 Å². The molecule has 1 fully saturated rings.